The number of carbonyl (C=O) groups excluding carboxylic acids is 2. The van der Waals surface area contributed by atoms with Gasteiger partial charge in [-0.25, -0.2) is 0 Å². The van der Waals surface area contributed by atoms with Crippen LogP contribution in [0, 0.1) is 6.92 Å². The van der Waals surface area contributed by atoms with Gasteiger partial charge in [-0.05, 0) is 37.8 Å². The molecule has 18 heavy (non-hydrogen) atoms. The molecule has 0 bridgehead atoms. The predicted octanol–water partition coefficient (Wildman–Crippen LogP) is 1.86. The first-order valence-corrected chi connectivity index (χ1v) is 6.21. The predicted molar refractivity (Wildman–Crippen MR) is 67.8 cm³/mol. The summed E-state index contributed by atoms with van der Waals surface area (Å²) >= 11 is 0. The van der Waals surface area contributed by atoms with Crippen LogP contribution in [0.5, 0.6) is 5.75 Å². The Kier molecular flexibility index (Phi) is 3.97. The van der Waals surface area contributed by atoms with Crippen molar-refractivity contribution >= 4 is 12.2 Å². The Labute approximate surface area is 106 Å². The minimum atomic E-state index is -0.493. The first-order chi connectivity index (χ1) is 8.72. The molecule has 4 nitrogen and oxygen atoms in total. The highest BCUT2D eigenvalue weighted by Gasteiger charge is 2.23. The van der Waals surface area contributed by atoms with Crippen LogP contribution in [0.15, 0.2) is 18.2 Å². The van der Waals surface area contributed by atoms with Gasteiger partial charge < -0.3 is 10.1 Å². The second-order valence-corrected chi connectivity index (χ2v) is 4.50. The third kappa shape index (κ3) is 2.70. The third-order valence-corrected chi connectivity index (χ3v) is 3.11. The summed E-state index contributed by atoms with van der Waals surface area (Å²) in [6, 6.07) is 5.37. The average molecular weight is 247 g/mol. The standard InChI is InChI=1S/C14H17NO3/c1-10-5-4-6-11(9-16)13(10)18-12-7-2-3-8-15-14(12)17/h4-6,9,12H,2-3,7-8H2,1H3,(H,15,17). The van der Waals surface area contributed by atoms with Crippen molar-refractivity contribution in [2.75, 3.05) is 6.54 Å². The van der Waals surface area contributed by atoms with Crippen molar-refractivity contribution in [2.24, 2.45) is 0 Å². The minimum Gasteiger partial charge on any atom is -0.480 e. The fourth-order valence-corrected chi connectivity index (χ4v) is 2.09. The molecular formula is C14H17NO3. The van der Waals surface area contributed by atoms with Gasteiger partial charge in [0.25, 0.3) is 5.91 Å². The SMILES string of the molecule is Cc1cccc(C=O)c1OC1CCCCNC1=O. The number of hydrogen-bond acceptors (Lipinski definition) is 3. The molecule has 1 saturated heterocycles. The van der Waals surface area contributed by atoms with Crippen LogP contribution in [0.3, 0.4) is 0 Å². The van der Waals surface area contributed by atoms with Crippen molar-refractivity contribution in [1.29, 1.82) is 0 Å². The van der Waals surface area contributed by atoms with Gasteiger partial charge in [0, 0.05) is 6.54 Å². The molecule has 0 radical (unpaired) electrons. The number of nitrogens with one attached hydrogen (secondary N) is 1. The highest BCUT2D eigenvalue weighted by Crippen LogP contribution is 2.24. The lowest BCUT2D eigenvalue weighted by Crippen LogP contribution is -2.36. The number of ether oxygens (including phenoxy) is 1. The molecule has 2 rings (SSSR count). The molecule has 1 amide bonds. The fourth-order valence-electron chi connectivity index (χ4n) is 2.09. The normalized spacial score (nSPS) is 19.8. The van der Waals surface area contributed by atoms with Crippen molar-refractivity contribution in [2.45, 2.75) is 32.3 Å². The van der Waals surface area contributed by atoms with Gasteiger partial charge in [-0.2, -0.15) is 0 Å². The Morgan fingerprint density at radius 1 is 1.39 bits per heavy atom. The number of aryl methyl sites for hydroxylation is 1. The van der Waals surface area contributed by atoms with Crippen molar-refractivity contribution in [3.63, 3.8) is 0 Å². The van der Waals surface area contributed by atoms with E-state index in [0.717, 1.165) is 24.7 Å². The monoisotopic (exact) mass is 247 g/mol. The molecule has 0 saturated carbocycles. The molecule has 1 atom stereocenters. The Morgan fingerprint density at radius 3 is 3.00 bits per heavy atom. The maximum atomic E-state index is 11.8. The number of amides is 1. The van der Waals surface area contributed by atoms with E-state index in [9.17, 15) is 9.59 Å². The second-order valence-electron chi connectivity index (χ2n) is 4.50. The highest BCUT2D eigenvalue weighted by atomic mass is 16.5. The molecule has 96 valence electrons. The minimum absolute atomic E-state index is 0.0902. The lowest BCUT2D eigenvalue weighted by Gasteiger charge is -2.18. The summed E-state index contributed by atoms with van der Waals surface area (Å²) in [6.45, 7) is 2.57. The number of hydrogen-bond donors (Lipinski definition) is 1. The van der Waals surface area contributed by atoms with E-state index in [1.165, 1.54) is 0 Å². The van der Waals surface area contributed by atoms with E-state index < -0.39 is 6.10 Å². The number of carbonyl (C=O) groups is 2. The van der Waals surface area contributed by atoms with E-state index in [1.54, 1.807) is 12.1 Å². The maximum Gasteiger partial charge on any atom is 0.261 e. The molecule has 1 unspecified atom stereocenters. The summed E-state index contributed by atoms with van der Waals surface area (Å²) in [6.07, 6.45) is 2.88. The van der Waals surface area contributed by atoms with Crippen LogP contribution in [-0.4, -0.2) is 24.8 Å². The summed E-state index contributed by atoms with van der Waals surface area (Å²) < 4.78 is 5.76. The molecule has 1 aliphatic heterocycles. The van der Waals surface area contributed by atoms with Crippen LogP contribution < -0.4 is 10.1 Å². The molecule has 1 N–H and O–H groups in total. The average Bonchev–Trinajstić information content (AvgIpc) is 2.57. The first-order valence-electron chi connectivity index (χ1n) is 6.21. The van der Waals surface area contributed by atoms with Gasteiger partial charge in [0.05, 0.1) is 5.56 Å². The van der Waals surface area contributed by atoms with E-state index in [4.69, 9.17) is 4.74 Å². The van der Waals surface area contributed by atoms with E-state index in [-0.39, 0.29) is 5.91 Å². The van der Waals surface area contributed by atoms with E-state index in [1.807, 2.05) is 13.0 Å². The maximum absolute atomic E-state index is 11.8. The van der Waals surface area contributed by atoms with Crippen LogP contribution >= 0.6 is 0 Å². The number of benzene rings is 1. The lowest BCUT2D eigenvalue weighted by molar-refractivity contribution is -0.127. The summed E-state index contributed by atoms with van der Waals surface area (Å²) in [5, 5.41) is 2.82. The molecule has 1 heterocycles. The van der Waals surface area contributed by atoms with Gasteiger partial charge >= 0.3 is 0 Å². The number of aldehydes is 1. The van der Waals surface area contributed by atoms with E-state index >= 15 is 0 Å². The Bertz CT molecular complexity index is 456. The Hall–Kier alpha value is -1.84. The summed E-state index contributed by atoms with van der Waals surface area (Å²) in [5.41, 5.74) is 1.36. The van der Waals surface area contributed by atoms with Crippen molar-refractivity contribution in [3.05, 3.63) is 29.3 Å². The topological polar surface area (TPSA) is 55.4 Å². The zero-order valence-electron chi connectivity index (χ0n) is 10.4. The molecule has 1 aromatic carbocycles. The Balaban J connectivity index is 2.22. The van der Waals surface area contributed by atoms with E-state index in [2.05, 4.69) is 5.32 Å². The summed E-state index contributed by atoms with van der Waals surface area (Å²) in [5.74, 6) is 0.433. The largest absolute Gasteiger partial charge is 0.480 e. The van der Waals surface area contributed by atoms with Crippen LogP contribution in [-0.2, 0) is 4.79 Å². The van der Waals surface area contributed by atoms with Gasteiger partial charge in [-0.15, -0.1) is 0 Å². The van der Waals surface area contributed by atoms with Gasteiger partial charge in [0.2, 0.25) is 0 Å². The molecule has 1 fully saturated rings. The second kappa shape index (κ2) is 5.67. The third-order valence-electron chi connectivity index (χ3n) is 3.11. The molecule has 1 aliphatic rings. The molecule has 1 aromatic rings. The van der Waals surface area contributed by atoms with Crippen molar-refractivity contribution < 1.29 is 14.3 Å². The summed E-state index contributed by atoms with van der Waals surface area (Å²) in [4.78, 5) is 22.8. The quantitative estimate of drug-likeness (QED) is 0.829. The first kappa shape index (κ1) is 12.6. The van der Waals surface area contributed by atoms with Crippen LogP contribution in [0.4, 0.5) is 0 Å². The van der Waals surface area contributed by atoms with Crippen LogP contribution in [0.2, 0.25) is 0 Å². The van der Waals surface area contributed by atoms with Crippen LogP contribution in [0.25, 0.3) is 0 Å². The summed E-state index contributed by atoms with van der Waals surface area (Å²) in [7, 11) is 0. The molecule has 0 spiro atoms. The highest BCUT2D eigenvalue weighted by molar-refractivity contribution is 5.83. The number of rotatable bonds is 3. The zero-order chi connectivity index (χ0) is 13.0. The van der Waals surface area contributed by atoms with Gasteiger partial charge in [0.1, 0.15) is 5.75 Å². The molecule has 4 heteroatoms. The van der Waals surface area contributed by atoms with Crippen LogP contribution in [0.1, 0.15) is 35.2 Å². The molecule has 0 aliphatic carbocycles. The lowest BCUT2D eigenvalue weighted by atomic mass is 10.1. The van der Waals surface area contributed by atoms with Gasteiger partial charge in [-0.1, -0.05) is 12.1 Å². The van der Waals surface area contributed by atoms with Gasteiger partial charge in [-0.3, -0.25) is 9.59 Å². The zero-order valence-corrected chi connectivity index (χ0v) is 10.4. The van der Waals surface area contributed by atoms with Crippen molar-refractivity contribution in [1.82, 2.24) is 5.32 Å². The van der Waals surface area contributed by atoms with E-state index in [0.29, 0.717) is 24.3 Å². The smallest absolute Gasteiger partial charge is 0.261 e. The van der Waals surface area contributed by atoms with Crippen molar-refractivity contribution in [3.8, 4) is 5.75 Å². The fraction of sp³-hybridized carbons (Fsp3) is 0.429. The molecular weight excluding hydrogens is 230 g/mol. The van der Waals surface area contributed by atoms with Gasteiger partial charge in [0.15, 0.2) is 12.4 Å². The molecule has 0 aromatic heterocycles. The number of para-hydroxylation sites is 1. The Morgan fingerprint density at radius 2 is 2.22 bits per heavy atom.